The molecule has 0 atom stereocenters. The van der Waals surface area contributed by atoms with Crippen LogP contribution in [-0.4, -0.2) is 4.66 Å². The van der Waals surface area contributed by atoms with Gasteiger partial charge < -0.3 is 0 Å². The molecule has 0 spiro atoms. The van der Waals surface area contributed by atoms with Crippen LogP contribution in [0.3, 0.4) is 0 Å². The molecule has 0 aliphatic heterocycles. The fourth-order valence-electron chi connectivity index (χ4n) is 6.54. The average molecular weight is 940 g/mol. The molecule has 1 nitrogen and oxygen atoms in total. The Kier molecular flexibility index (Phi) is 20.3. The maximum absolute atomic E-state index is 6.47. The molecular formula is C54H46ClOP3Ru. The third kappa shape index (κ3) is 13.6. The van der Waals surface area contributed by atoms with E-state index in [1.165, 1.54) is 47.7 Å². The van der Waals surface area contributed by atoms with Gasteiger partial charge in [0, 0.05) is 19.5 Å². The Morgan fingerprint density at radius 1 is 0.183 bits per heavy atom. The topological polar surface area (TPSA) is 20.2 Å². The fourth-order valence-corrected chi connectivity index (χ4v) is 13.5. The van der Waals surface area contributed by atoms with Gasteiger partial charge in [-0.25, -0.2) is 0 Å². The van der Waals surface area contributed by atoms with Crippen LogP contribution in [0.5, 0.6) is 0 Å². The zero-order valence-corrected chi connectivity index (χ0v) is 38.2. The van der Waals surface area contributed by atoms with Crippen molar-refractivity contribution in [3.63, 3.8) is 0 Å². The smallest absolute Gasteiger partial charge is 0.0579 e. The molecule has 0 saturated heterocycles. The average Bonchev–Trinajstić information content (AvgIpc) is 3.34. The summed E-state index contributed by atoms with van der Waals surface area (Å²) in [6.07, 6.45) is 0. The standard InChI is InChI=1S/3C18H15P.ClHO.Ru/c3*1-4-10-16(11-5-1)19(17-12-6-2-7-13-17)18-14-8-3-9-15-18;1-2;/h3*1-15H;2H;. The Morgan fingerprint density at radius 3 is 0.350 bits per heavy atom. The molecule has 0 aliphatic carbocycles. The molecule has 0 fully saturated rings. The predicted octanol–water partition coefficient (Wildman–Crippen LogP) is 10.5. The van der Waals surface area contributed by atoms with Crippen LogP contribution in [0.15, 0.2) is 273 Å². The van der Waals surface area contributed by atoms with E-state index in [2.05, 4.69) is 285 Å². The summed E-state index contributed by atoms with van der Waals surface area (Å²) in [6, 6.07) is 97.0. The van der Waals surface area contributed by atoms with Crippen LogP contribution in [0.2, 0.25) is 0 Å². The van der Waals surface area contributed by atoms with Crippen molar-refractivity contribution >= 4 is 83.4 Å². The minimum atomic E-state index is -0.446. The molecule has 0 amide bonds. The molecule has 6 heteroatoms. The van der Waals surface area contributed by atoms with Crippen molar-refractivity contribution in [1.82, 2.24) is 0 Å². The molecule has 0 radical (unpaired) electrons. The number of hydrogen-bond acceptors (Lipinski definition) is 1. The van der Waals surface area contributed by atoms with E-state index in [-0.39, 0.29) is 19.5 Å². The van der Waals surface area contributed by atoms with E-state index in [0.717, 1.165) is 0 Å². The van der Waals surface area contributed by atoms with E-state index >= 15 is 0 Å². The third-order valence-corrected chi connectivity index (χ3v) is 16.5. The van der Waals surface area contributed by atoms with Crippen molar-refractivity contribution in [2.75, 3.05) is 0 Å². The summed E-state index contributed by atoms with van der Waals surface area (Å²) in [5.74, 6) is 0. The normalized spacial score (nSPS) is 10.2. The molecule has 0 aromatic heterocycles. The Morgan fingerprint density at radius 2 is 0.267 bits per heavy atom. The van der Waals surface area contributed by atoms with Gasteiger partial charge in [0.05, 0.1) is 11.9 Å². The molecule has 60 heavy (non-hydrogen) atoms. The van der Waals surface area contributed by atoms with Crippen LogP contribution in [-0.2, 0) is 19.5 Å². The Bertz CT molecular complexity index is 1870. The minimum Gasteiger partial charge on any atom is -0.295 e. The maximum Gasteiger partial charge on any atom is 0.0579 e. The van der Waals surface area contributed by atoms with Gasteiger partial charge in [-0.15, -0.1) is 0 Å². The molecule has 0 bridgehead atoms. The molecule has 0 unspecified atom stereocenters. The molecule has 1 N–H and O–H groups in total. The number of halogens is 1. The summed E-state index contributed by atoms with van der Waals surface area (Å²) in [7, 11) is -1.34. The Labute approximate surface area is 378 Å². The first-order valence-electron chi connectivity index (χ1n) is 19.4. The largest absolute Gasteiger partial charge is 0.295 e. The van der Waals surface area contributed by atoms with Crippen LogP contribution in [0, 0.1) is 0 Å². The quantitative estimate of drug-likeness (QED) is 0.113. The Balaban J connectivity index is 0.000000166. The van der Waals surface area contributed by atoms with Gasteiger partial charge in [0.1, 0.15) is 0 Å². The van der Waals surface area contributed by atoms with Crippen molar-refractivity contribution in [2.24, 2.45) is 0 Å². The van der Waals surface area contributed by atoms with E-state index in [0.29, 0.717) is 0 Å². The molecule has 0 aliphatic rings. The van der Waals surface area contributed by atoms with Gasteiger partial charge in [-0.3, -0.25) is 4.66 Å². The second-order valence-corrected chi connectivity index (χ2v) is 19.7. The minimum absolute atomic E-state index is 0. The summed E-state index contributed by atoms with van der Waals surface area (Å²) in [6.45, 7) is 0. The first-order chi connectivity index (χ1) is 29.3. The fraction of sp³-hybridized carbons (Fsp3) is 0. The third-order valence-electron chi connectivity index (χ3n) is 9.13. The van der Waals surface area contributed by atoms with Crippen LogP contribution in [0.1, 0.15) is 0 Å². The van der Waals surface area contributed by atoms with Crippen LogP contribution < -0.4 is 47.7 Å². The van der Waals surface area contributed by atoms with Gasteiger partial charge in [-0.1, -0.05) is 273 Å². The molecule has 9 aromatic carbocycles. The summed E-state index contributed by atoms with van der Waals surface area (Å²) in [5, 5.41) is 12.6. The zero-order valence-electron chi connectivity index (χ0n) is 33.0. The summed E-state index contributed by atoms with van der Waals surface area (Å²) in [5.41, 5.74) is 0. The molecule has 0 saturated carbocycles. The van der Waals surface area contributed by atoms with Crippen LogP contribution in [0.25, 0.3) is 0 Å². The van der Waals surface area contributed by atoms with Crippen molar-refractivity contribution < 1.29 is 24.1 Å². The SMILES string of the molecule is OCl.[Ru].c1ccc(P(c2ccccc2)c2ccccc2)cc1.c1ccc(P(c2ccccc2)c2ccccc2)cc1.c1ccc(P(c2ccccc2)c2ccccc2)cc1. The second kappa shape index (κ2) is 26.4. The first kappa shape index (κ1) is 46.2. The summed E-state index contributed by atoms with van der Waals surface area (Å²) in [4.78, 5) is 0. The molecule has 298 valence electrons. The molecular weight excluding hydrogens is 894 g/mol. The zero-order chi connectivity index (χ0) is 40.7. The van der Waals surface area contributed by atoms with Crippen molar-refractivity contribution in [3.05, 3.63) is 273 Å². The van der Waals surface area contributed by atoms with Crippen molar-refractivity contribution in [3.8, 4) is 0 Å². The van der Waals surface area contributed by atoms with E-state index in [9.17, 15) is 0 Å². The van der Waals surface area contributed by atoms with E-state index in [1.807, 2.05) is 0 Å². The number of benzene rings is 9. The van der Waals surface area contributed by atoms with E-state index < -0.39 is 23.8 Å². The van der Waals surface area contributed by atoms with Gasteiger partial charge in [0.25, 0.3) is 0 Å². The van der Waals surface area contributed by atoms with Crippen LogP contribution in [0.4, 0.5) is 0 Å². The Hall–Kier alpha value is -4.86. The van der Waals surface area contributed by atoms with Crippen molar-refractivity contribution in [2.45, 2.75) is 0 Å². The van der Waals surface area contributed by atoms with Gasteiger partial charge in [0.15, 0.2) is 0 Å². The number of hydrogen-bond donors (Lipinski definition) is 1. The monoisotopic (exact) mass is 940 g/mol. The second-order valence-electron chi connectivity index (χ2n) is 13.0. The van der Waals surface area contributed by atoms with Gasteiger partial charge in [-0.2, -0.15) is 0 Å². The number of rotatable bonds is 9. The van der Waals surface area contributed by atoms with E-state index in [1.54, 1.807) is 0 Å². The predicted molar refractivity (Wildman–Crippen MR) is 264 cm³/mol. The van der Waals surface area contributed by atoms with E-state index in [4.69, 9.17) is 4.66 Å². The van der Waals surface area contributed by atoms with Gasteiger partial charge >= 0.3 is 0 Å². The molecule has 0 heterocycles. The van der Waals surface area contributed by atoms with Gasteiger partial charge in [0.2, 0.25) is 0 Å². The first-order valence-corrected chi connectivity index (χ1v) is 23.7. The maximum atomic E-state index is 6.47. The molecule has 9 rings (SSSR count). The van der Waals surface area contributed by atoms with Gasteiger partial charge in [-0.05, 0) is 71.5 Å². The van der Waals surface area contributed by atoms with Crippen molar-refractivity contribution in [1.29, 1.82) is 0 Å². The summed E-state index contributed by atoms with van der Waals surface area (Å²) >= 11 is 3.64. The van der Waals surface area contributed by atoms with Crippen LogP contribution >= 0.6 is 35.6 Å². The summed E-state index contributed by atoms with van der Waals surface area (Å²) < 4.78 is 6.47. The molecule has 9 aromatic rings.